The number of hydrogen-bond donors (Lipinski definition) is 1. The Labute approximate surface area is 129 Å². The van der Waals surface area contributed by atoms with E-state index in [9.17, 15) is 22.8 Å². The van der Waals surface area contributed by atoms with Crippen LogP contribution in [0.3, 0.4) is 0 Å². The van der Waals surface area contributed by atoms with Gasteiger partial charge >= 0.3 is 12.1 Å². The highest BCUT2D eigenvalue weighted by molar-refractivity contribution is 6.04. The zero-order valence-corrected chi connectivity index (χ0v) is 11.8. The minimum Gasteiger partial charge on any atom is -0.465 e. The number of methoxy groups -OCH3 is 1. The summed E-state index contributed by atoms with van der Waals surface area (Å²) in [5.41, 5.74) is -0.407. The van der Waals surface area contributed by atoms with E-state index in [0.29, 0.717) is 11.3 Å². The second kappa shape index (κ2) is 6.47. The summed E-state index contributed by atoms with van der Waals surface area (Å²) in [6.45, 7) is 0. The van der Waals surface area contributed by atoms with Crippen molar-refractivity contribution >= 4 is 17.6 Å². The Morgan fingerprint density at radius 3 is 2.13 bits per heavy atom. The molecule has 0 bridgehead atoms. The Balaban J connectivity index is 2.08. The summed E-state index contributed by atoms with van der Waals surface area (Å²) in [4.78, 5) is 26.4. The number of benzene rings is 1. The molecule has 23 heavy (non-hydrogen) atoms. The van der Waals surface area contributed by atoms with E-state index in [0.717, 1.165) is 18.3 Å². The topological polar surface area (TPSA) is 68.3 Å². The smallest absolute Gasteiger partial charge is 0.433 e. The van der Waals surface area contributed by atoms with E-state index < -0.39 is 23.7 Å². The Hall–Kier alpha value is -2.90. The monoisotopic (exact) mass is 324 g/mol. The van der Waals surface area contributed by atoms with Gasteiger partial charge in [-0.1, -0.05) is 0 Å². The van der Waals surface area contributed by atoms with Gasteiger partial charge in [0.15, 0.2) is 0 Å². The second-order valence-corrected chi connectivity index (χ2v) is 4.45. The lowest BCUT2D eigenvalue weighted by atomic mass is 10.2. The van der Waals surface area contributed by atoms with E-state index in [1.165, 1.54) is 31.4 Å². The number of anilines is 1. The van der Waals surface area contributed by atoms with Crippen molar-refractivity contribution in [3.05, 3.63) is 59.4 Å². The van der Waals surface area contributed by atoms with Crippen molar-refractivity contribution in [2.75, 3.05) is 12.4 Å². The zero-order valence-electron chi connectivity index (χ0n) is 11.8. The van der Waals surface area contributed by atoms with Crippen LogP contribution in [0.25, 0.3) is 0 Å². The van der Waals surface area contributed by atoms with Gasteiger partial charge in [0.25, 0.3) is 5.91 Å². The number of nitrogens with zero attached hydrogens (tertiary/aromatic N) is 1. The molecule has 5 nitrogen and oxygen atoms in total. The van der Waals surface area contributed by atoms with Crippen molar-refractivity contribution in [1.29, 1.82) is 0 Å². The molecule has 0 aliphatic carbocycles. The van der Waals surface area contributed by atoms with Crippen molar-refractivity contribution in [2.45, 2.75) is 6.18 Å². The van der Waals surface area contributed by atoms with Gasteiger partial charge in [-0.05, 0) is 36.4 Å². The Kier molecular flexibility index (Phi) is 4.63. The van der Waals surface area contributed by atoms with Gasteiger partial charge < -0.3 is 10.1 Å². The number of aromatic nitrogens is 1. The quantitative estimate of drug-likeness (QED) is 0.881. The molecule has 0 saturated carbocycles. The molecule has 8 heteroatoms. The molecule has 0 atom stereocenters. The van der Waals surface area contributed by atoms with E-state index in [1.54, 1.807) is 0 Å². The van der Waals surface area contributed by atoms with Gasteiger partial charge in [0.05, 0.1) is 18.2 Å². The normalized spacial score (nSPS) is 11.0. The highest BCUT2D eigenvalue weighted by Crippen LogP contribution is 2.27. The van der Waals surface area contributed by atoms with Crippen LogP contribution >= 0.6 is 0 Å². The minimum absolute atomic E-state index is 0.0185. The van der Waals surface area contributed by atoms with Crippen LogP contribution in [-0.4, -0.2) is 24.0 Å². The van der Waals surface area contributed by atoms with Gasteiger partial charge in [-0.2, -0.15) is 13.2 Å². The Morgan fingerprint density at radius 2 is 1.65 bits per heavy atom. The SMILES string of the molecule is COC(=O)c1ccc(NC(=O)c2ccc(C(F)(F)F)nc2)cc1. The Morgan fingerprint density at radius 1 is 1.04 bits per heavy atom. The van der Waals surface area contributed by atoms with Crippen molar-refractivity contribution < 1.29 is 27.5 Å². The standard InChI is InChI=1S/C15H11F3N2O3/c1-23-14(22)9-2-5-11(6-3-9)20-13(21)10-4-7-12(19-8-10)15(16,17)18/h2-8H,1H3,(H,20,21). The molecule has 0 aliphatic heterocycles. The first kappa shape index (κ1) is 16.5. The zero-order chi connectivity index (χ0) is 17.0. The van der Waals surface area contributed by atoms with Crippen LogP contribution in [0.5, 0.6) is 0 Å². The summed E-state index contributed by atoms with van der Waals surface area (Å²) in [5.74, 6) is -1.13. The lowest BCUT2D eigenvalue weighted by molar-refractivity contribution is -0.141. The number of carbonyl (C=O) groups is 2. The van der Waals surface area contributed by atoms with Crippen LogP contribution in [0.4, 0.5) is 18.9 Å². The van der Waals surface area contributed by atoms with E-state index in [4.69, 9.17) is 0 Å². The predicted octanol–water partition coefficient (Wildman–Crippen LogP) is 3.14. The molecule has 0 radical (unpaired) electrons. The van der Waals surface area contributed by atoms with Gasteiger partial charge in [-0.3, -0.25) is 9.78 Å². The van der Waals surface area contributed by atoms with Crippen molar-refractivity contribution in [3.8, 4) is 0 Å². The van der Waals surface area contributed by atoms with Crippen LogP contribution < -0.4 is 5.32 Å². The molecular formula is C15H11F3N2O3. The molecule has 0 unspecified atom stereocenters. The molecule has 2 aromatic rings. The summed E-state index contributed by atoms with van der Waals surface area (Å²) in [5, 5.41) is 2.49. The molecule has 1 heterocycles. The van der Waals surface area contributed by atoms with E-state index in [1.807, 2.05) is 0 Å². The second-order valence-electron chi connectivity index (χ2n) is 4.45. The number of hydrogen-bond acceptors (Lipinski definition) is 4. The predicted molar refractivity (Wildman–Crippen MR) is 75.0 cm³/mol. The van der Waals surface area contributed by atoms with Gasteiger partial charge in [0.2, 0.25) is 0 Å². The highest BCUT2D eigenvalue weighted by Gasteiger charge is 2.32. The molecule has 0 spiro atoms. The molecular weight excluding hydrogens is 313 g/mol. The van der Waals surface area contributed by atoms with Gasteiger partial charge in [-0.25, -0.2) is 4.79 Å². The van der Waals surface area contributed by atoms with Gasteiger partial charge in [0.1, 0.15) is 5.69 Å². The summed E-state index contributed by atoms with van der Waals surface area (Å²) in [6, 6.07) is 7.62. The van der Waals surface area contributed by atoms with Gasteiger partial charge in [0, 0.05) is 11.9 Å². The number of alkyl halides is 3. The third-order valence-electron chi connectivity index (χ3n) is 2.88. The number of amides is 1. The molecule has 2 rings (SSSR count). The number of pyridine rings is 1. The fourth-order valence-corrected chi connectivity index (χ4v) is 1.71. The molecule has 0 aliphatic rings. The molecule has 120 valence electrons. The summed E-state index contributed by atoms with van der Waals surface area (Å²) in [6.07, 6.45) is -3.71. The first-order valence-electron chi connectivity index (χ1n) is 6.34. The van der Waals surface area contributed by atoms with E-state index in [2.05, 4.69) is 15.0 Å². The van der Waals surface area contributed by atoms with Crippen LogP contribution in [0.2, 0.25) is 0 Å². The minimum atomic E-state index is -4.56. The first-order valence-corrected chi connectivity index (χ1v) is 6.34. The van der Waals surface area contributed by atoms with Crippen molar-refractivity contribution in [3.63, 3.8) is 0 Å². The lowest BCUT2D eigenvalue weighted by Gasteiger charge is -2.08. The van der Waals surface area contributed by atoms with Crippen LogP contribution in [0.15, 0.2) is 42.6 Å². The van der Waals surface area contributed by atoms with Crippen LogP contribution in [0, 0.1) is 0 Å². The number of carbonyl (C=O) groups excluding carboxylic acids is 2. The average molecular weight is 324 g/mol. The maximum absolute atomic E-state index is 12.4. The maximum Gasteiger partial charge on any atom is 0.433 e. The number of ether oxygens (including phenoxy) is 1. The number of esters is 1. The average Bonchev–Trinajstić information content (AvgIpc) is 2.54. The van der Waals surface area contributed by atoms with Crippen LogP contribution in [-0.2, 0) is 10.9 Å². The third-order valence-corrected chi connectivity index (χ3v) is 2.88. The molecule has 1 N–H and O–H groups in total. The molecule has 1 aromatic heterocycles. The van der Waals surface area contributed by atoms with E-state index in [-0.39, 0.29) is 5.56 Å². The highest BCUT2D eigenvalue weighted by atomic mass is 19.4. The lowest BCUT2D eigenvalue weighted by Crippen LogP contribution is -2.14. The van der Waals surface area contributed by atoms with Crippen molar-refractivity contribution in [1.82, 2.24) is 4.98 Å². The molecule has 1 amide bonds. The molecule has 1 aromatic carbocycles. The maximum atomic E-state index is 12.4. The summed E-state index contributed by atoms with van der Waals surface area (Å²) >= 11 is 0. The fraction of sp³-hybridized carbons (Fsp3) is 0.133. The third kappa shape index (κ3) is 4.06. The largest absolute Gasteiger partial charge is 0.465 e. The molecule has 0 fully saturated rings. The number of rotatable bonds is 3. The number of halogens is 3. The summed E-state index contributed by atoms with van der Waals surface area (Å²) < 4.78 is 41.7. The van der Waals surface area contributed by atoms with E-state index >= 15 is 0 Å². The number of nitrogens with one attached hydrogen (secondary N) is 1. The van der Waals surface area contributed by atoms with Crippen LogP contribution in [0.1, 0.15) is 26.4 Å². The first-order chi connectivity index (χ1) is 10.8. The van der Waals surface area contributed by atoms with Gasteiger partial charge in [-0.15, -0.1) is 0 Å². The van der Waals surface area contributed by atoms with Crippen molar-refractivity contribution in [2.24, 2.45) is 0 Å². The summed E-state index contributed by atoms with van der Waals surface area (Å²) in [7, 11) is 1.25. The Bertz CT molecular complexity index is 710. The molecule has 0 saturated heterocycles. The fourth-order valence-electron chi connectivity index (χ4n) is 1.71.